The largest absolute Gasteiger partial charge is 0.345 e. The van der Waals surface area contributed by atoms with Crippen molar-refractivity contribution < 1.29 is 4.79 Å². The predicted molar refractivity (Wildman–Crippen MR) is 88.2 cm³/mol. The van der Waals surface area contributed by atoms with Crippen molar-refractivity contribution in [1.29, 1.82) is 5.26 Å². The van der Waals surface area contributed by atoms with Gasteiger partial charge in [-0.15, -0.1) is 11.8 Å². The van der Waals surface area contributed by atoms with Crippen LogP contribution in [0.4, 0.5) is 5.69 Å². The molecule has 0 spiro atoms. The van der Waals surface area contributed by atoms with E-state index in [1.54, 1.807) is 35.6 Å². The Hall–Kier alpha value is -2.19. The highest BCUT2D eigenvalue weighted by atomic mass is 32.2. The molecule has 2 heterocycles. The van der Waals surface area contributed by atoms with Gasteiger partial charge in [-0.05, 0) is 32.0 Å². The van der Waals surface area contributed by atoms with Crippen molar-refractivity contribution >= 4 is 23.4 Å². The van der Waals surface area contributed by atoms with E-state index in [-0.39, 0.29) is 10.7 Å². The Morgan fingerprint density at radius 2 is 2.09 bits per heavy atom. The summed E-state index contributed by atoms with van der Waals surface area (Å²) in [4.78, 5) is 15.9. The lowest BCUT2D eigenvalue weighted by molar-refractivity contribution is 0.0976. The smallest absolute Gasteiger partial charge is 0.275 e. The van der Waals surface area contributed by atoms with Crippen molar-refractivity contribution in [1.82, 2.24) is 4.57 Å². The molecule has 3 rings (SSSR count). The number of anilines is 1. The third-order valence-electron chi connectivity index (χ3n) is 3.68. The molecule has 0 fully saturated rings. The highest BCUT2D eigenvalue weighted by molar-refractivity contribution is 8.00. The van der Waals surface area contributed by atoms with Crippen molar-refractivity contribution in [2.24, 2.45) is 7.05 Å². The van der Waals surface area contributed by atoms with E-state index in [2.05, 4.69) is 19.9 Å². The maximum Gasteiger partial charge on any atom is 0.275 e. The highest BCUT2D eigenvalue weighted by Crippen LogP contribution is 2.44. The van der Waals surface area contributed by atoms with Crippen molar-refractivity contribution in [3.05, 3.63) is 47.8 Å². The minimum Gasteiger partial charge on any atom is -0.345 e. The molecule has 0 radical (unpaired) electrons. The summed E-state index contributed by atoms with van der Waals surface area (Å²) in [6.45, 7) is 4.92. The van der Waals surface area contributed by atoms with E-state index in [1.807, 2.05) is 29.2 Å². The molecule has 1 aliphatic heterocycles. The first-order chi connectivity index (χ1) is 10.4. The molecule has 0 saturated carbocycles. The number of nitrogens with zero attached hydrogens (tertiary/aromatic N) is 3. The summed E-state index contributed by atoms with van der Waals surface area (Å²) in [5.74, 6) is -0.0650. The van der Waals surface area contributed by atoms with Gasteiger partial charge >= 0.3 is 0 Å². The van der Waals surface area contributed by atoms with Crippen LogP contribution in [0.1, 0.15) is 29.9 Å². The van der Waals surface area contributed by atoms with E-state index in [1.165, 1.54) is 0 Å². The minimum absolute atomic E-state index is 0.0484. The maximum absolute atomic E-state index is 13.0. The van der Waals surface area contributed by atoms with Gasteiger partial charge in [0.2, 0.25) is 0 Å². The zero-order valence-electron chi connectivity index (χ0n) is 12.8. The normalized spacial score (nSPS) is 16.0. The molecule has 4 nitrogen and oxygen atoms in total. The van der Waals surface area contributed by atoms with E-state index in [0.717, 1.165) is 10.6 Å². The number of thioether (sulfide) groups is 1. The van der Waals surface area contributed by atoms with Crippen LogP contribution in [0.3, 0.4) is 0 Å². The third-order valence-corrected chi connectivity index (χ3v) is 4.93. The fourth-order valence-corrected chi connectivity index (χ4v) is 3.94. The molecule has 1 amide bonds. The molecule has 0 aliphatic carbocycles. The number of hydrogen-bond acceptors (Lipinski definition) is 3. The Balaban J connectivity index is 2.05. The van der Waals surface area contributed by atoms with Crippen LogP contribution < -0.4 is 4.90 Å². The fraction of sp³-hybridized carbons (Fsp3) is 0.294. The summed E-state index contributed by atoms with van der Waals surface area (Å²) in [5.41, 5.74) is 1.98. The molecule has 0 atom stereocenters. The van der Waals surface area contributed by atoms with Gasteiger partial charge in [-0.3, -0.25) is 4.79 Å². The minimum atomic E-state index is -0.0650. The van der Waals surface area contributed by atoms with E-state index >= 15 is 0 Å². The van der Waals surface area contributed by atoms with Crippen LogP contribution in [-0.4, -0.2) is 21.8 Å². The van der Waals surface area contributed by atoms with E-state index in [4.69, 9.17) is 5.26 Å². The Morgan fingerprint density at radius 1 is 1.36 bits per heavy atom. The van der Waals surface area contributed by atoms with Crippen molar-refractivity contribution in [2.75, 3.05) is 11.4 Å². The molecular weight excluding hydrogens is 294 g/mol. The Bertz CT molecular complexity index is 785. The summed E-state index contributed by atoms with van der Waals surface area (Å²) < 4.78 is 1.67. The van der Waals surface area contributed by atoms with Gasteiger partial charge in [0, 0.05) is 29.4 Å². The van der Waals surface area contributed by atoms with E-state index in [0.29, 0.717) is 17.8 Å². The number of nitriles is 1. The number of aryl methyl sites for hydroxylation is 1. The number of carbonyl (C=O) groups is 1. The fourth-order valence-electron chi connectivity index (χ4n) is 2.72. The molecule has 0 bridgehead atoms. The molecule has 0 N–H and O–H groups in total. The van der Waals surface area contributed by atoms with Crippen molar-refractivity contribution in [2.45, 2.75) is 23.5 Å². The first-order valence-electron chi connectivity index (χ1n) is 7.08. The summed E-state index contributed by atoms with van der Waals surface area (Å²) in [7, 11) is 1.80. The van der Waals surface area contributed by atoms with Gasteiger partial charge in [-0.1, -0.05) is 12.1 Å². The number of para-hydroxylation sites is 1. The molecule has 5 heteroatoms. The molecule has 1 aromatic heterocycles. The van der Waals surface area contributed by atoms with Gasteiger partial charge < -0.3 is 9.47 Å². The second kappa shape index (κ2) is 5.22. The van der Waals surface area contributed by atoms with Crippen LogP contribution in [0.25, 0.3) is 0 Å². The van der Waals surface area contributed by atoms with Gasteiger partial charge in [0.1, 0.15) is 11.8 Å². The predicted octanol–water partition coefficient (Wildman–Crippen LogP) is 3.43. The SMILES string of the molecule is Cn1cc(C#N)cc1C(=O)N1CC(C)(C)Sc2ccccc21. The molecule has 2 aromatic rings. The number of rotatable bonds is 1. The molecule has 1 aliphatic rings. The van der Waals surface area contributed by atoms with Gasteiger partial charge in [0.25, 0.3) is 5.91 Å². The lowest BCUT2D eigenvalue weighted by Gasteiger charge is -2.38. The summed E-state index contributed by atoms with van der Waals surface area (Å²) in [6, 6.07) is 11.7. The van der Waals surface area contributed by atoms with Crippen molar-refractivity contribution in [3.63, 3.8) is 0 Å². The van der Waals surface area contributed by atoms with Gasteiger partial charge in [-0.25, -0.2) is 0 Å². The lowest BCUT2D eigenvalue weighted by atomic mass is 10.1. The van der Waals surface area contributed by atoms with Crippen LogP contribution in [0, 0.1) is 11.3 Å². The quantitative estimate of drug-likeness (QED) is 0.810. The van der Waals surface area contributed by atoms with Crippen molar-refractivity contribution in [3.8, 4) is 6.07 Å². The average Bonchev–Trinajstić information content (AvgIpc) is 2.86. The van der Waals surface area contributed by atoms with Crippen LogP contribution in [0.15, 0.2) is 41.4 Å². The zero-order valence-corrected chi connectivity index (χ0v) is 13.6. The van der Waals surface area contributed by atoms with Crippen LogP contribution in [-0.2, 0) is 7.05 Å². The number of fused-ring (bicyclic) bond motifs is 1. The second-order valence-electron chi connectivity index (χ2n) is 6.06. The molecule has 112 valence electrons. The molecule has 0 saturated heterocycles. The number of hydrogen-bond donors (Lipinski definition) is 0. The lowest BCUT2D eigenvalue weighted by Crippen LogP contribution is -2.44. The second-order valence-corrected chi connectivity index (χ2v) is 7.81. The molecular formula is C17H17N3OS. The Morgan fingerprint density at radius 3 is 2.77 bits per heavy atom. The summed E-state index contributed by atoms with van der Waals surface area (Å²) in [5, 5.41) is 9.02. The third kappa shape index (κ3) is 2.51. The number of benzene rings is 1. The number of carbonyl (C=O) groups excluding carboxylic acids is 1. The first-order valence-corrected chi connectivity index (χ1v) is 7.89. The van der Waals surface area contributed by atoms with E-state index in [9.17, 15) is 4.79 Å². The number of aromatic nitrogens is 1. The Kier molecular flexibility index (Phi) is 3.50. The van der Waals surface area contributed by atoms with Gasteiger partial charge in [0.05, 0.1) is 11.3 Å². The van der Waals surface area contributed by atoms with Gasteiger partial charge in [0.15, 0.2) is 0 Å². The Labute approximate surface area is 134 Å². The monoisotopic (exact) mass is 311 g/mol. The molecule has 0 unspecified atom stereocenters. The van der Waals surface area contributed by atoms with Gasteiger partial charge in [-0.2, -0.15) is 5.26 Å². The zero-order chi connectivity index (χ0) is 15.9. The number of amides is 1. The van der Waals surface area contributed by atoms with Crippen LogP contribution in [0.2, 0.25) is 0 Å². The van der Waals surface area contributed by atoms with Crippen LogP contribution in [0.5, 0.6) is 0 Å². The molecule has 1 aromatic carbocycles. The highest BCUT2D eigenvalue weighted by Gasteiger charge is 2.35. The molecule has 22 heavy (non-hydrogen) atoms. The van der Waals surface area contributed by atoms with E-state index < -0.39 is 0 Å². The summed E-state index contributed by atoms with van der Waals surface area (Å²) in [6.07, 6.45) is 1.68. The standard InChI is InChI=1S/C17H17N3OS/c1-17(2)11-20(13-6-4-5-7-15(13)22-17)16(21)14-8-12(9-18)10-19(14)3/h4-8,10H,11H2,1-3H3. The first kappa shape index (κ1) is 14.7. The topological polar surface area (TPSA) is 49.0 Å². The van der Waals surface area contributed by atoms with Crippen LogP contribution >= 0.6 is 11.8 Å². The average molecular weight is 311 g/mol. The maximum atomic E-state index is 13.0. The summed E-state index contributed by atoms with van der Waals surface area (Å²) >= 11 is 1.79.